The van der Waals surface area contributed by atoms with Crippen LogP contribution in [0.2, 0.25) is 0 Å². The zero-order valence-electron chi connectivity index (χ0n) is 19.2. The molecule has 0 bridgehead atoms. The molecule has 30 heavy (non-hydrogen) atoms. The minimum Gasteiger partial charge on any atom is -0.384 e. The molecule has 162 valence electrons. The Bertz CT molecular complexity index is 836. The molecule has 1 aromatic carbocycles. The average molecular weight is 408 g/mol. The van der Waals surface area contributed by atoms with E-state index in [0.717, 1.165) is 50.4 Å². The Morgan fingerprint density at radius 2 is 1.57 bits per heavy atom. The number of pyridine rings is 1. The molecule has 4 nitrogen and oxygen atoms in total. The molecular weight excluding hydrogens is 370 g/mol. The van der Waals surface area contributed by atoms with Gasteiger partial charge in [-0.05, 0) is 29.7 Å². The van der Waals surface area contributed by atoms with Gasteiger partial charge in [-0.3, -0.25) is 4.90 Å². The lowest BCUT2D eigenvalue weighted by atomic mass is 9.39. The Morgan fingerprint density at radius 3 is 2.10 bits per heavy atom. The molecule has 0 atom stereocenters. The van der Waals surface area contributed by atoms with Crippen molar-refractivity contribution < 1.29 is 5.11 Å². The van der Waals surface area contributed by atoms with Gasteiger partial charge in [0.15, 0.2) is 0 Å². The van der Waals surface area contributed by atoms with Gasteiger partial charge in [-0.1, -0.05) is 71.4 Å². The lowest BCUT2D eigenvalue weighted by Gasteiger charge is -2.72. The molecule has 0 amide bonds. The highest BCUT2D eigenvalue weighted by atomic mass is 16.3. The second-order valence-electron chi connectivity index (χ2n) is 10.2. The van der Waals surface area contributed by atoms with E-state index in [1.54, 1.807) is 0 Å². The average Bonchev–Trinajstić information content (AvgIpc) is 2.74. The molecule has 1 aromatic heterocycles. The van der Waals surface area contributed by atoms with E-state index >= 15 is 0 Å². The summed E-state index contributed by atoms with van der Waals surface area (Å²) in [6.07, 6.45) is 4.10. The van der Waals surface area contributed by atoms with Crippen LogP contribution in [-0.2, 0) is 12.0 Å². The quantitative estimate of drug-likeness (QED) is 0.793. The maximum atomic E-state index is 12.0. The fourth-order valence-corrected chi connectivity index (χ4v) is 6.66. The monoisotopic (exact) mass is 407 g/mol. The highest BCUT2D eigenvalue weighted by Gasteiger charge is 2.73. The smallest absolute Gasteiger partial charge is 0.128 e. The van der Waals surface area contributed by atoms with Crippen LogP contribution in [0.3, 0.4) is 0 Å². The summed E-state index contributed by atoms with van der Waals surface area (Å²) in [4.78, 5) is 9.48. The van der Waals surface area contributed by atoms with Crippen molar-refractivity contribution in [1.82, 2.24) is 9.88 Å². The number of nitrogens with zero attached hydrogens (tertiary/aromatic N) is 3. The van der Waals surface area contributed by atoms with E-state index in [9.17, 15) is 5.11 Å². The van der Waals surface area contributed by atoms with Crippen molar-refractivity contribution in [3.63, 3.8) is 0 Å². The van der Waals surface area contributed by atoms with Crippen LogP contribution in [0.25, 0.3) is 0 Å². The maximum absolute atomic E-state index is 12.0. The molecule has 0 spiro atoms. The van der Waals surface area contributed by atoms with Crippen LogP contribution in [0.1, 0.15) is 52.2 Å². The highest BCUT2D eigenvalue weighted by Crippen LogP contribution is 2.68. The van der Waals surface area contributed by atoms with E-state index in [0.29, 0.717) is 6.04 Å². The SMILES string of the molecule is CCCc1ccc([C@]2(O)C(C)(C)[C@@H](N3CCN(c4ccccn4)CC3)C2(C)C)cc1. The third-order valence-corrected chi connectivity index (χ3v) is 7.80. The van der Waals surface area contributed by atoms with Crippen LogP contribution in [0.5, 0.6) is 0 Å². The number of benzene rings is 1. The lowest BCUT2D eigenvalue weighted by Crippen LogP contribution is -2.79. The van der Waals surface area contributed by atoms with Crippen molar-refractivity contribution in [2.24, 2.45) is 10.8 Å². The molecule has 2 heterocycles. The van der Waals surface area contributed by atoms with Crippen LogP contribution in [0.15, 0.2) is 48.7 Å². The Hall–Kier alpha value is -1.91. The van der Waals surface area contributed by atoms with Gasteiger partial charge in [-0.15, -0.1) is 0 Å². The fraction of sp³-hybridized carbons (Fsp3) is 0.577. The molecule has 2 aromatic rings. The van der Waals surface area contributed by atoms with Crippen molar-refractivity contribution in [2.75, 3.05) is 31.1 Å². The molecule has 1 N–H and O–H groups in total. The number of rotatable bonds is 5. The third kappa shape index (κ3) is 3.07. The van der Waals surface area contributed by atoms with Gasteiger partial charge in [0.1, 0.15) is 11.4 Å². The summed E-state index contributed by atoms with van der Waals surface area (Å²) in [6, 6.07) is 15.1. The minimum atomic E-state index is -0.840. The second-order valence-corrected chi connectivity index (χ2v) is 10.2. The summed E-state index contributed by atoms with van der Waals surface area (Å²) < 4.78 is 0. The van der Waals surface area contributed by atoms with Gasteiger partial charge in [0.25, 0.3) is 0 Å². The van der Waals surface area contributed by atoms with E-state index in [2.05, 4.69) is 85.8 Å². The maximum Gasteiger partial charge on any atom is 0.128 e. The van der Waals surface area contributed by atoms with Gasteiger partial charge in [0.2, 0.25) is 0 Å². The second kappa shape index (κ2) is 7.65. The summed E-state index contributed by atoms with van der Waals surface area (Å²) >= 11 is 0. The van der Waals surface area contributed by atoms with Crippen molar-refractivity contribution in [1.29, 1.82) is 0 Å². The highest BCUT2D eigenvalue weighted by molar-refractivity contribution is 5.40. The molecule has 1 saturated heterocycles. The standard InChI is InChI=1S/C26H37N3O/c1-6-9-20-11-13-21(14-12-20)26(30)24(2,3)23(25(26,4)5)29-18-16-28(17-19-29)22-10-7-8-15-27-22/h7-8,10-15,23,30H,6,9,16-19H2,1-5H3/t23-,26+. The van der Waals surface area contributed by atoms with E-state index in [-0.39, 0.29) is 10.8 Å². The van der Waals surface area contributed by atoms with Gasteiger partial charge < -0.3 is 10.0 Å². The predicted molar refractivity (Wildman–Crippen MR) is 124 cm³/mol. The summed E-state index contributed by atoms with van der Waals surface area (Å²) in [6.45, 7) is 15.1. The van der Waals surface area contributed by atoms with Gasteiger partial charge >= 0.3 is 0 Å². The van der Waals surface area contributed by atoms with Gasteiger partial charge in [0, 0.05) is 49.2 Å². The number of piperazine rings is 1. The molecule has 0 unspecified atom stereocenters. The van der Waals surface area contributed by atoms with Crippen molar-refractivity contribution >= 4 is 5.82 Å². The number of aromatic nitrogens is 1. The van der Waals surface area contributed by atoms with Crippen LogP contribution < -0.4 is 4.90 Å². The number of hydrogen-bond acceptors (Lipinski definition) is 4. The lowest BCUT2D eigenvalue weighted by molar-refractivity contribution is -0.307. The van der Waals surface area contributed by atoms with E-state index in [1.807, 2.05) is 12.3 Å². The Labute approximate surface area is 181 Å². The molecule has 4 rings (SSSR count). The zero-order valence-corrected chi connectivity index (χ0v) is 19.2. The van der Waals surface area contributed by atoms with Crippen molar-refractivity contribution in [3.05, 3.63) is 59.8 Å². The van der Waals surface area contributed by atoms with Gasteiger partial charge in [-0.2, -0.15) is 0 Å². The number of aliphatic hydroxyl groups is 1. The molecule has 1 aliphatic heterocycles. The molecule has 1 aliphatic carbocycles. The Kier molecular flexibility index (Phi) is 5.44. The summed E-state index contributed by atoms with van der Waals surface area (Å²) in [5.41, 5.74) is 1.11. The fourth-order valence-electron chi connectivity index (χ4n) is 6.66. The van der Waals surface area contributed by atoms with Gasteiger partial charge in [0.05, 0.1) is 0 Å². The summed E-state index contributed by atoms with van der Waals surface area (Å²) in [5.74, 6) is 1.06. The zero-order chi connectivity index (χ0) is 21.6. The van der Waals surface area contributed by atoms with E-state index in [4.69, 9.17) is 0 Å². The van der Waals surface area contributed by atoms with Crippen LogP contribution in [-0.4, -0.2) is 47.2 Å². The first-order valence-electron chi connectivity index (χ1n) is 11.5. The van der Waals surface area contributed by atoms with Crippen molar-refractivity contribution in [3.8, 4) is 0 Å². The predicted octanol–water partition coefficient (Wildman–Crippen LogP) is 4.48. The van der Waals surface area contributed by atoms with Crippen molar-refractivity contribution in [2.45, 2.75) is 59.1 Å². The first-order valence-corrected chi connectivity index (χ1v) is 11.5. The molecule has 1 saturated carbocycles. The number of aryl methyl sites for hydroxylation is 1. The Morgan fingerprint density at radius 1 is 0.933 bits per heavy atom. The van der Waals surface area contributed by atoms with Crippen LogP contribution in [0.4, 0.5) is 5.82 Å². The van der Waals surface area contributed by atoms with E-state index in [1.165, 1.54) is 5.56 Å². The molecule has 0 radical (unpaired) electrons. The number of anilines is 1. The minimum absolute atomic E-state index is 0.226. The first-order chi connectivity index (χ1) is 14.2. The molecule has 4 heteroatoms. The Balaban J connectivity index is 1.52. The van der Waals surface area contributed by atoms with E-state index < -0.39 is 5.60 Å². The number of hydrogen-bond donors (Lipinski definition) is 1. The first kappa shape index (κ1) is 21.3. The molecule has 2 fully saturated rings. The topological polar surface area (TPSA) is 39.6 Å². The van der Waals surface area contributed by atoms with Gasteiger partial charge in [-0.25, -0.2) is 4.98 Å². The van der Waals surface area contributed by atoms with Crippen LogP contribution >= 0.6 is 0 Å². The third-order valence-electron chi connectivity index (χ3n) is 7.80. The summed E-state index contributed by atoms with van der Waals surface area (Å²) in [7, 11) is 0. The largest absolute Gasteiger partial charge is 0.384 e. The van der Waals surface area contributed by atoms with Crippen LogP contribution in [0, 0.1) is 10.8 Å². The summed E-state index contributed by atoms with van der Waals surface area (Å²) in [5, 5.41) is 12.0. The normalized spacial score (nSPS) is 28.2. The molecular formula is C26H37N3O. The molecule has 2 aliphatic rings.